The second-order valence-electron chi connectivity index (χ2n) is 3.79. The SMILES string of the molecule is C1CCCCCSCCCCC1. The van der Waals surface area contributed by atoms with E-state index >= 15 is 0 Å². The lowest BCUT2D eigenvalue weighted by molar-refractivity contribution is 0.571. The minimum Gasteiger partial charge on any atom is -0.162 e. The van der Waals surface area contributed by atoms with Crippen LogP contribution in [0.1, 0.15) is 57.8 Å². The van der Waals surface area contributed by atoms with Crippen molar-refractivity contribution in [1.29, 1.82) is 0 Å². The summed E-state index contributed by atoms with van der Waals surface area (Å²) in [5.74, 6) is 2.83. The number of hydrogen-bond acceptors (Lipinski definition) is 1. The molecule has 0 bridgehead atoms. The topological polar surface area (TPSA) is 0 Å². The zero-order chi connectivity index (χ0) is 8.49. The van der Waals surface area contributed by atoms with Crippen LogP contribution >= 0.6 is 11.8 Å². The molecule has 1 aliphatic heterocycles. The Kier molecular flexibility index (Phi) is 6.93. The van der Waals surface area contributed by atoms with Gasteiger partial charge < -0.3 is 0 Å². The first-order valence-corrected chi connectivity index (χ1v) is 6.73. The molecule has 1 fully saturated rings. The first-order valence-electron chi connectivity index (χ1n) is 5.58. The Morgan fingerprint density at radius 1 is 0.417 bits per heavy atom. The first-order chi connectivity index (χ1) is 6.00. The van der Waals surface area contributed by atoms with Gasteiger partial charge in [0, 0.05) is 0 Å². The molecule has 12 heavy (non-hydrogen) atoms. The van der Waals surface area contributed by atoms with Crippen LogP contribution in [0.5, 0.6) is 0 Å². The van der Waals surface area contributed by atoms with Gasteiger partial charge in [0.1, 0.15) is 0 Å². The zero-order valence-electron chi connectivity index (χ0n) is 8.19. The molecule has 1 saturated heterocycles. The number of thioether (sulfide) groups is 1. The Balaban J connectivity index is 2.00. The lowest BCUT2D eigenvalue weighted by Crippen LogP contribution is -1.88. The molecule has 1 heterocycles. The van der Waals surface area contributed by atoms with Crippen LogP contribution in [0.3, 0.4) is 0 Å². The van der Waals surface area contributed by atoms with E-state index in [1.807, 2.05) is 0 Å². The Hall–Kier alpha value is 0.350. The molecule has 0 aliphatic carbocycles. The average Bonchev–Trinajstić information content (AvgIpc) is 2.05. The fraction of sp³-hybridized carbons (Fsp3) is 1.00. The van der Waals surface area contributed by atoms with Gasteiger partial charge in [0.05, 0.1) is 0 Å². The van der Waals surface area contributed by atoms with Crippen molar-refractivity contribution in [2.24, 2.45) is 0 Å². The highest BCUT2D eigenvalue weighted by Gasteiger charge is 1.96. The third-order valence-corrected chi connectivity index (χ3v) is 3.73. The zero-order valence-corrected chi connectivity index (χ0v) is 9.00. The predicted molar refractivity (Wildman–Crippen MR) is 58.9 cm³/mol. The molecule has 0 aromatic carbocycles. The fourth-order valence-corrected chi connectivity index (χ4v) is 2.77. The average molecular weight is 186 g/mol. The largest absolute Gasteiger partial charge is 0.162 e. The molecule has 1 heteroatoms. The summed E-state index contributed by atoms with van der Waals surface area (Å²) in [6.07, 6.45) is 13.3. The highest BCUT2D eigenvalue weighted by Crippen LogP contribution is 2.15. The van der Waals surface area contributed by atoms with E-state index in [9.17, 15) is 0 Å². The molecule has 0 N–H and O–H groups in total. The molecule has 0 spiro atoms. The van der Waals surface area contributed by atoms with E-state index in [0.29, 0.717) is 0 Å². The maximum Gasteiger partial charge on any atom is -0.00675 e. The Morgan fingerprint density at radius 3 is 1.17 bits per heavy atom. The van der Waals surface area contributed by atoms with Crippen molar-refractivity contribution in [2.75, 3.05) is 11.5 Å². The summed E-state index contributed by atoms with van der Waals surface area (Å²) in [5, 5.41) is 0. The third kappa shape index (κ3) is 5.93. The Labute approximate surface area is 81.5 Å². The van der Waals surface area contributed by atoms with Gasteiger partial charge in [-0.2, -0.15) is 11.8 Å². The third-order valence-electron chi connectivity index (χ3n) is 2.58. The molecule has 0 unspecified atom stereocenters. The van der Waals surface area contributed by atoms with Crippen molar-refractivity contribution in [3.8, 4) is 0 Å². The van der Waals surface area contributed by atoms with E-state index in [4.69, 9.17) is 0 Å². The summed E-state index contributed by atoms with van der Waals surface area (Å²) in [4.78, 5) is 0. The molecular formula is C11H22S. The van der Waals surface area contributed by atoms with Crippen LogP contribution in [0.25, 0.3) is 0 Å². The minimum atomic E-state index is 1.42. The summed E-state index contributed by atoms with van der Waals surface area (Å²) in [7, 11) is 0. The van der Waals surface area contributed by atoms with Gasteiger partial charge in [-0.3, -0.25) is 0 Å². The number of hydrogen-bond donors (Lipinski definition) is 0. The molecular weight excluding hydrogens is 164 g/mol. The maximum absolute atomic E-state index is 2.17. The Morgan fingerprint density at radius 2 is 0.750 bits per heavy atom. The van der Waals surface area contributed by atoms with Gasteiger partial charge in [-0.15, -0.1) is 0 Å². The maximum atomic E-state index is 2.17. The minimum absolute atomic E-state index is 1.42. The van der Waals surface area contributed by atoms with E-state index < -0.39 is 0 Å². The summed E-state index contributed by atoms with van der Waals surface area (Å²) in [6, 6.07) is 0. The molecule has 0 atom stereocenters. The smallest absolute Gasteiger partial charge is 0.00675 e. The Bertz CT molecular complexity index is 48.0. The van der Waals surface area contributed by atoms with E-state index in [-0.39, 0.29) is 0 Å². The van der Waals surface area contributed by atoms with E-state index in [1.54, 1.807) is 0 Å². The standard InChI is InChI=1S/C11H22S/c1-2-4-6-8-10-12-11-9-7-5-3-1/h1-11H2. The van der Waals surface area contributed by atoms with Gasteiger partial charge in [0.2, 0.25) is 0 Å². The van der Waals surface area contributed by atoms with Crippen molar-refractivity contribution < 1.29 is 0 Å². The van der Waals surface area contributed by atoms with Crippen LogP contribution in [-0.2, 0) is 0 Å². The quantitative estimate of drug-likeness (QED) is 0.545. The summed E-state index contributed by atoms with van der Waals surface area (Å²) in [5.41, 5.74) is 0. The normalized spacial score (nSPS) is 24.0. The molecule has 0 saturated carbocycles. The van der Waals surface area contributed by atoms with Gasteiger partial charge >= 0.3 is 0 Å². The van der Waals surface area contributed by atoms with Crippen LogP contribution in [-0.4, -0.2) is 11.5 Å². The number of rotatable bonds is 0. The van der Waals surface area contributed by atoms with Crippen LogP contribution in [0.2, 0.25) is 0 Å². The van der Waals surface area contributed by atoms with Gasteiger partial charge in [-0.1, -0.05) is 44.9 Å². The summed E-state index contributed by atoms with van der Waals surface area (Å²) in [6.45, 7) is 0. The second kappa shape index (κ2) is 7.97. The highest BCUT2D eigenvalue weighted by atomic mass is 32.2. The monoisotopic (exact) mass is 186 g/mol. The van der Waals surface area contributed by atoms with Gasteiger partial charge in [-0.05, 0) is 24.3 Å². The van der Waals surface area contributed by atoms with Gasteiger partial charge in [-0.25, -0.2) is 0 Å². The van der Waals surface area contributed by atoms with Crippen molar-refractivity contribution in [3.63, 3.8) is 0 Å². The van der Waals surface area contributed by atoms with Crippen LogP contribution in [0.15, 0.2) is 0 Å². The molecule has 0 amide bonds. The molecule has 0 aromatic rings. The van der Waals surface area contributed by atoms with E-state index in [2.05, 4.69) is 11.8 Å². The molecule has 0 aromatic heterocycles. The van der Waals surface area contributed by atoms with Gasteiger partial charge in [0.25, 0.3) is 0 Å². The van der Waals surface area contributed by atoms with Crippen molar-refractivity contribution in [3.05, 3.63) is 0 Å². The molecule has 1 rings (SSSR count). The summed E-state index contributed by atoms with van der Waals surface area (Å²) < 4.78 is 0. The second-order valence-corrected chi connectivity index (χ2v) is 5.02. The van der Waals surface area contributed by atoms with Crippen LogP contribution in [0.4, 0.5) is 0 Å². The molecule has 72 valence electrons. The molecule has 0 nitrogen and oxygen atoms in total. The van der Waals surface area contributed by atoms with Crippen molar-refractivity contribution in [1.82, 2.24) is 0 Å². The first kappa shape index (κ1) is 10.4. The highest BCUT2D eigenvalue weighted by molar-refractivity contribution is 7.99. The van der Waals surface area contributed by atoms with Gasteiger partial charge in [0.15, 0.2) is 0 Å². The van der Waals surface area contributed by atoms with Crippen LogP contribution in [0, 0.1) is 0 Å². The lowest BCUT2D eigenvalue weighted by Gasteiger charge is -2.05. The van der Waals surface area contributed by atoms with Crippen molar-refractivity contribution >= 4 is 11.8 Å². The predicted octanol–water partition coefficient (Wildman–Crippen LogP) is 4.24. The van der Waals surface area contributed by atoms with Crippen molar-refractivity contribution in [2.45, 2.75) is 57.8 Å². The molecule has 1 aliphatic rings. The van der Waals surface area contributed by atoms with E-state index in [0.717, 1.165) is 0 Å². The molecule has 0 radical (unpaired) electrons. The van der Waals surface area contributed by atoms with Crippen LogP contribution < -0.4 is 0 Å². The summed E-state index contributed by atoms with van der Waals surface area (Å²) >= 11 is 2.17. The fourth-order valence-electron chi connectivity index (χ4n) is 1.75. The lowest BCUT2D eigenvalue weighted by atomic mass is 10.1. The van der Waals surface area contributed by atoms with E-state index in [1.165, 1.54) is 69.3 Å².